The summed E-state index contributed by atoms with van der Waals surface area (Å²) in [5.41, 5.74) is 1.37. The molecule has 0 radical (unpaired) electrons. The summed E-state index contributed by atoms with van der Waals surface area (Å²) in [4.78, 5) is 12.6. The average Bonchev–Trinajstić information content (AvgIpc) is 2.41. The molecule has 0 aromatic heterocycles. The number of amides is 1. The minimum absolute atomic E-state index is 0.0355. The summed E-state index contributed by atoms with van der Waals surface area (Å²) in [6.45, 7) is 11.4. The van der Waals surface area contributed by atoms with Crippen LogP contribution >= 0.6 is 11.8 Å². The molecule has 0 saturated carbocycles. The second kappa shape index (κ2) is 8.12. The van der Waals surface area contributed by atoms with Crippen LogP contribution in [0.5, 0.6) is 0 Å². The molecular weight excluding hydrogens is 268 g/mol. The molecule has 0 bridgehead atoms. The highest BCUT2D eigenvalue weighted by Gasteiger charge is 2.08. The van der Waals surface area contributed by atoms with Gasteiger partial charge in [0.15, 0.2) is 0 Å². The van der Waals surface area contributed by atoms with Crippen molar-refractivity contribution in [1.82, 2.24) is 10.6 Å². The molecule has 1 amide bonds. The summed E-state index contributed by atoms with van der Waals surface area (Å²) >= 11 is 1.54. The van der Waals surface area contributed by atoms with Crippen LogP contribution in [0.15, 0.2) is 41.8 Å². The Hall–Kier alpha value is -1.26. The van der Waals surface area contributed by atoms with E-state index >= 15 is 0 Å². The van der Waals surface area contributed by atoms with Crippen LogP contribution in [0.3, 0.4) is 0 Å². The van der Waals surface area contributed by atoms with Crippen LogP contribution in [0.2, 0.25) is 0 Å². The molecule has 20 heavy (non-hydrogen) atoms. The Bertz CT molecular complexity index is 435. The second-order valence-corrected chi connectivity index (χ2v) is 6.68. The zero-order valence-corrected chi connectivity index (χ0v) is 13.3. The maximum Gasteiger partial charge on any atom is 0.230 e. The average molecular weight is 292 g/mol. The van der Waals surface area contributed by atoms with Crippen LogP contribution < -0.4 is 10.6 Å². The van der Waals surface area contributed by atoms with Crippen molar-refractivity contribution in [3.63, 3.8) is 0 Å². The number of benzene rings is 1. The van der Waals surface area contributed by atoms with Gasteiger partial charge in [0.1, 0.15) is 0 Å². The van der Waals surface area contributed by atoms with E-state index in [-0.39, 0.29) is 11.4 Å². The lowest BCUT2D eigenvalue weighted by atomic mass is 10.1. The minimum Gasteiger partial charge on any atom is -0.352 e. The van der Waals surface area contributed by atoms with Gasteiger partial charge in [-0.1, -0.05) is 18.2 Å². The summed E-state index contributed by atoms with van der Waals surface area (Å²) in [6.07, 6.45) is 1.68. The smallest absolute Gasteiger partial charge is 0.230 e. The van der Waals surface area contributed by atoms with E-state index in [0.717, 1.165) is 11.4 Å². The number of hydrogen-bond donors (Lipinski definition) is 2. The number of carbonyl (C=O) groups excluding carboxylic acids is 1. The highest BCUT2D eigenvalue weighted by molar-refractivity contribution is 8.00. The molecule has 0 atom stereocenters. The van der Waals surface area contributed by atoms with Gasteiger partial charge in [0.25, 0.3) is 0 Å². The summed E-state index contributed by atoms with van der Waals surface area (Å²) in [5.74, 6) is 0.473. The molecule has 2 N–H and O–H groups in total. The summed E-state index contributed by atoms with van der Waals surface area (Å²) in [6, 6.07) is 8.32. The fourth-order valence-electron chi connectivity index (χ4n) is 1.46. The monoisotopic (exact) mass is 292 g/mol. The van der Waals surface area contributed by atoms with Gasteiger partial charge >= 0.3 is 0 Å². The lowest BCUT2D eigenvalue weighted by Gasteiger charge is -2.20. The van der Waals surface area contributed by atoms with E-state index < -0.39 is 0 Å². The fraction of sp³-hybridized carbons (Fsp3) is 0.438. The van der Waals surface area contributed by atoms with E-state index in [0.29, 0.717) is 12.3 Å². The lowest BCUT2D eigenvalue weighted by molar-refractivity contribution is -0.118. The predicted molar refractivity (Wildman–Crippen MR) is 87.0 cm³/mol. The number of nitrogens with one attached hydrogen (secondary N) is 2. The molecule has 0 aliphatic rings. The Balaban J connectivity index is 2.38. The van der Waals surface area contributed by atoms with Crippen molar-refractivity contribution >= 4 is 17.7 Å². The zero-order chi connectivity index (χ0) is 15.0. The molecule has 0 aliphatic heterocycles. The van der Waals surface area contributed by atoms with E-state index in [9.17, 15) is 4.79 Å². The largest absolute Gasteiger partial charge is 0.352 e. The molecule has 0 fully saturated rings. The number of carbonyl (C=O) groups is 1. The van der Waals surface area contributed by atoms with E-state index in [1.165, 1.54) is 5.56 Å². The molecule has 110 valence electrons. The van der Waals surface area contributed by atoms with Gasteiger partial charge in [0.05, 0.1) is 5.75 Å². The fourth-order valence-corrected chi connectivity index (χ4v) is 2.19. The quantitative estimate of drug-likeness (QED) is 0.599. The first-order chi connectivity index (χ1) is 9.40. The third-order valence-corrected chi connectivity index (χ3v) is 3.57. The Morgan fingerprint density at radius 2 is 1.95 bits per heavy atom. The Kier molecular flexibility index (Phi) is 6.82. The first-order valence-electron chi connectivity index (χ1n) is 6.75. The number of rotatable bonds is 7. The van der Waals surface area contributed by atoms with Crippen LogP contribution in [0, 0.1) is 0 Å². The highest BCUT2D eigenvalue weighted by Crippen LogP contribution is 2.18. The van der Waals surface area contributed by atoms with Crippen LogP contribution in [0.1, 0.15) is 26.3 Å². The van der Waals surface area contributed by atoms with Crippen molar-refractivity contribution in [2.75, 3.05) is 12.3 Å². The minimum atomic E-state index is 0.0355. The van der Waals surface area contributed by atoms with Crippen LogP contribution in [0.4, 0.5) is 0 Å². The van der Waals surface area contributed by atoms with Gasteiger partial charge in [0, 0.05) is 23.5 Å². The van der Waals surface area contributed by atoms with Crippen LogP contribution in [0.25, 0.3) is 0 Å². The van der Waals surface area contributed by atoms with Crippen LogP contribution in [-0.4, -0.2) is 23.7 Å². The first kappa shape index (κ1) is 16.8. The van der Waals surface area contributed by atoms with Gasteiger partial charge in [-0.15, -0.1) is 18.3 Å². The van der Waals surface area contributed by atoms with Crippen molar-refractivity contribution in [2.24, 2.45) is 0 Å². The summed E-state index contributed by atoms with van der Waals surface area (Å²) < 4.78 is 0. The predicted octanol–water partition coefficient (Wildman–Crippen LogP) is 2.97. The number of hydrogen-bond acceptors (Lipinski definition) is 3. The molecule has 0 heterocycles. The molecule has 1 aromatic rings. The normalized spacial score (nSPS) is 11.2. The van der Waals surface area contributed by atoms with E-state index in [1.54, 1.807) is 17.8 Å². The highest BCUT2D eigenvalue weighted by atomic mass is 32.2. The summed E-state index contributed by atoms with van der Waals surface area (Å²) in [5, 5.41) is 6.21. The van der Waals surface area contributed by atoms with E-state index in [4.69, 9.17) is 0 Å². The maximum atomic E-state index is 11.5. The molecule has 0 spiro atoms. The van der Waals surface area contributed by atoms with Gasteiger partial charge in [0.2, 0.25) is 5.91 Å². The second-order valence-electron chi connectivity index (χ2n) is 5.63. The topological polar surface area (TPSA) is 41.1 Å². The van der Waals surface area contributed by atoms with Gasteiger partial charge in [-0.2, -0.15) is 0 Å². The first-order valence-corrected chi connectivity index (χ1v) is 7.73. The van der Waals surface area contributed by atoms with Gasteiger partial charge < -0.3 is 10.6 Å². The van der Waals surface area contributed by atoms with Crippen molar-refractivity contribution in [1.29, 1.82) is 0 Å². The number of thioether (sulfide) groups is 1. The molecule has 0 aliphatic carbocycles. The van der Waals surface area contributed by atoms with Crippen LogP contribution in [-0.2, 0) is 11.3 Å². The Labute approximate surface area is 126 Å². The Morgan fingerprint density at radius 3 is 2.50 bits per heavy atom. The SMILES string of the molecule is C=CCNC(=O)CSc1ccc(CNC(C)(C)C)cc1. The van der Waals surface area contributed by atoms with E-state index in [2.05, 4.69) is 62.2 Å². The summed E-state index contributed by atoms with van der Waals surface area (Å²) in [7, 11) is 0. The molecular formula is C16H24N2OS. The van der Waals surface area contributed by atoms with Gasteiger partial charge in [-0.05, 0) is 38.5 Å². The van der Waals surface area contributed by atoms with Crippen molar-refractivity contribution in [3.8, 4) is 0 Å². The third-order valence-electron chi connectivity index (χ3n) is 2.56. The molecule has 0 unspecified atom stereocenters. The van der Waals surface area contributed by atoms with E-state index in [1.807, 2.05) is 0 Å². The lowest BCUT2D eigenvalue weighted by Crippen LogP contribution is -2.35. The van der Waals surface area contributed by atoms with Crippen molar-refractivity contribution in [2.45, 2.75) is 37.8 Å². The zero-order valence-electron chi connectivity index (χ0n) is 12.5. The standard InChI is InChI=1S/C16H24N2OS/c1-5-10-17-15(19)12-20-14-8-6-13(7-9-14)11-18-16(2,3)4/h5-9,18H,1,10-12H2,2-4H3,(H,17,19). The van der Waals surface area contributed by atoms with Gasteiger partial charge in [-0.3, -0.25) is 4.79 Å². The van der Waals surface area contributed by atoms with Gasteiger partial charge in [-0.25, -0.2) is 0 Å². The molecule has 3 nitrogen and oxygen atoms in total. The Morgan fingerprint density at radius 1 is 1.30 bits per heavy atom. The maximum absolute atomic E-state index is 11.5. The molecule has 1 aromatic carbocycles. The molecule has 4 heteroatoms. The van der Waals surface area contributed by atoms with Crippen molar-refractivity contribution in [3.05, 3.63) is 42.5 Å². The molecule has 0 saturated heterocycles. The van der Waals surface area contributed by atoms with Crippen molar-refractivity contribution < 1.29 is 4.79 Å². The molecule has 1 rings (SSSR count). The third kappa shape index (κ3) is 7.36.